The number of thiophene rings is 1. The first-order valence-electron chi connectivity index (χ1n) is 3.54. The highest BCUT2D eigenvalue weighted by molar-refractivity contribution is 7.16. The van der Waals surface area contributed by atoms with Gasteiger partial charge in [0.25, 0.3) is 0 Å². The number of nitrogens with two attached hydrogens (primary N) is 1. The summed E-state index contributed by atoms with van der Waals surface area (Å²) in [5.74, 6) is -2.16. The zero-order chi connectivity index (χ0) is 11.9. The van der Waals surface area contributed by atoms with Gasteiger partial charge in [0.1, 0.15) is 0 Å². The van der Waals surface area contributed by atoms with Gasteiger partial charge in [0.05, 0.1) is 4.34 Å². The Balaban J connectivity index is 3.31. The number of carbonyl (C=O) groups is 1. The largest absolute Gasteiger partial charge is 0.479 e. The Bertz CT molecular complexity index is 392. The Hall–Kier alpha value is -0.790. The van der Waals surface area contributed by atoms with Crippen molar-refractivity contribution in [1.29, 1.82) is 0 Å². The summed E-state index contributed by atoms with van der Waals surface area (Å²) in [5.41, 5.74) is 1.48. The van der Waals surface area contributed by atoms with Crippen molar-refractivity contribution in [1.82, 2.24) is 0 Å². The highest BCUT2D eigenvalue weighted by Crippen LogP contribution is 2.41. The van der Waals surface area contributed by atoms with Gasteiger partial charge in [0.2, 0.25) is 5.54 Å². The number of carboxylic acid groups (broad SMARTS) is 1. The first-order chi connectivity index (χ1) is 6.69. The molecule has 8 heteroatoms. The molecule has 0 aromatic carbocycles. The van der Waals surface area contributed by atoms with Crippen LogP contribution in [0.1, 0.15) is 4.88 Å². The normalized spacial score (nSPS) is 16.1. The van der Waals surface area contributed by atoms with Gasteiger partial charge in [-0.3, -0.25) is 0 Å². The molecular weight excluding hydrogens is 255 g/mol. The van der Waals surface area contributed by atoms with E-state index >= 15 is 0 Å². The van der Waals surface area contributed by atoms with E-state index in [4.69, 9.17) is 22.4 Å². The molecule has 0 aliphatic heterocycles. The van der Waals surface area contributed by atoms with Gasteiger partial charge in [0.15, 0.2) is 0 Å². The van der Waals surface area contributed by atoms with E-state index in [0.717, 1.165) is 12.1 Å². The second kappa shape index (κ2) is 3.66. The monoisotopic (exact) mass is 259 g/mol. The SMILES string of the molecule is NC(C(=O)O)(c1ccc(Cl)s1)C(F)(F)F. The van der Waals surface area contributed by atoms with Gasteiger partial charge in [-0.25, -0.2) is 4.79 Å². The number of hydrogen-bond acceptors (Lipinski definition) is 3. The number of halogens is 4. The Morgan fingerprint density at radius 1 is 1.47 bits per heavy atom. The Morgan fingerprint density at radius 3 is 2.27 bits per heavy atom. The molecule has 1 unspecified atom stereocenters. The molecule has 3 N–H and O–H groups in total. The maximum atomic E-state index is 12.5. The molecule has 0 aliphatic carbocycles. The molecule has 0 saturated carbocycles. The molecule has 0 radical (unpaired) electrons. The molecule has 84 valence electrons. The molecule has 1 aromatic heterocycles. The molecule has 3 nitrogen and oxygen atoms in total. The average molecular weight is 260 g/mol. The molecule has 1 heterocycles. The van der Waals surface area contributed by atoms with Crippen LogP contribution in [0.5, 0.6) is 0 Å². The second-order valence-electron chi connectivity index (χ2n) is 2.71. The first-order valence-corrected chi connectivity index (χ1v) is 4.74. The number of hydrogen-bond donors (Lipinski definition) is 2. The summed E-state index contributed by atoms with van der Waals surface area (Å²) in [4.78, 5) is 10.0. The summed E-state index contributed by atoms with van der Waals surface area (Å²) in [7, 11) is 0. The number of carboxylic acids is 1. The molecule has 1 aromatic rings. The fraction of sp³-hybridized carbons (Fsp3) is 0.286. The van der Waals surface area contributed by atoms with E-state index in [2.05, 4.69) is 0 Å². The topological polar surface area (TPSA) is 63.3 Å². The quantitative estimate of drug-likeness (QED) is 0.856. The smallest absolute Gasteiger partial charge is 0.422 e. The first kappa shape index (κ1) is 12.3. The van der Waals surface area contributed by atoms with E-state index < -0.39 is 22.6 Å². The third kappa shape index (κ3) is 1.95. The van der Waals surface area contributed by atoms with Crippen LogP contribution in [0.2, 0.25) is 4.34 Å². The van der Waals surface area contributed by atoms with Gasteiger partial charge in [-0.1, -0.05) is 11.6 Å². The third-order valence-corrected chi connectivity index (χ3v) is 3.11. The highest BCUT2D eigenvalue weighted by atomic mass is 35.5. The predicted molar refractivity (Wildman–Crippen MR) is 48.9 cm³/mol. The molecule has 15 heavy (non-hydrogen) atoms. The summed E-state index contributed by atoms with van der Waals surface area (Å²) in [6, 6.07) is 2.12. The van der Waals surface area contributed by atoms with Crippen molar-refractivity contribution in [2.24, 2.45) is 5.73 Å². The Kier molecular flexibility index (Phi) is 2.99. The van der Waals surface area contributed by atoms with Crippen LogP contribution in [0.25, 0.3) is 0 Å². The van der Waals surface area contributed by atoms with E-state index in [-0.39, 0.29) is 4.34 Å². The number of aliphatic carboxylic acids is 1. The van der Waals surface area contributed by atoms with Crippen LogP contribution in [0.15, 0.2) is 12.1 Å². The van der Waals surface area contributed by atoms with Crippen molar-refractivity contribution in [2.45, 2.75) is 11.7 Å². The van der Waals surface area contributed by atoms with Crippen molar-refractivity contribution < 1.29 is 23.1 Å². The summed E-state index contributed by atoms with van der Waals surface area (Å²) in [6.07, 6.45) is -5.08. The fourth-order valence-corrected chi connectivity index (χ4v) is 2.05. The lowest BCUT2D eigenvalue weighted by atomic mass is 9.98. The lowest BCUT2D eigenvalue weighted by Crippen LogP contribution is -2.56. The zero-order valence-corrected chi connectivity index (χ0v) is 8.58. The van der Waals surface area contributed by atoms with Crippen molar-refractivity contribution in [3.8, 4) is 0 Å². The van der Waals surface area contributed by atoms with Crippen LogP contribution in [-0.2, 0) is 10.3 Å². The van der Waals surface area contributed by atoms with Crippen LogP contribution < -0.4 is 5.73 Å². The van der Waals surface area contributed by atoms with Gasteiger partial charge in [-0.05, 0) is 12.1 Å². The van der Waals surface area contributed by atoms with Crippen LogP contribution >= 0.6 is 22.9 Å². The number of alkyl halides is 3. The van der Waals surface area contributed by atoms with Gasteiger partial charge in [0, 0.05) is 4.88 Å². The van der Waals surface area contributed by atoms with Crippen molar-refractivity contribution in [3.63, 3.8) is 0 Å². The molecule has 0 amide bonds. The Labute approximate surface area is 91.3 Å². The second-order valence-corrected chi connectivity index (χ2v) is 4.43. The standard InChI is InChI=1S/C7H5ClF3NO2S/c8-4-2-1-3(15-4)6(12,5(13)14)7(9,10)11/h1-2H,12H2,(H,13,14). The van der Waals surface area contributed by atoms with E-state index in [1.54, 1.807) is 0 Å². The fourth-order valence-electron chi connectivity index (χ4n) is 0.893. The maximum Gasteiger partial charge on any atom is 0.422 e. The van der Waals surface area contributed by atoms with Crippen LogP contribution in [0.4, 0.5) is 13.2 Å². The molecule has 0 fully saturated rings. The zero-order valence-electron chi connectivity index (χ0n) is 7.01. The lowest BCUT2D eigenvalue weighted by Gasteiger charge is -2.25. The Morgan fingerprint density at radius 2 is 2.00 bits per heavy atom. The summed E-state index contributed by atoms with van der Waals surface area (Å²) >= 11 is 5.91. The molecule has 0 aliphatic rings. The minimum atomic E-state index is -5.08. The molecule has 1 atom stereocenters. The average Bonchev–Trinajstić information content (AvgIpc) is 2.48. The minimum absolute atomic E-state index is 0.0466. The van der Waals surface area contributed by atoms with Gasteiger partial charge >= 0.3 is 12.1 Å². The van der Waals surface area contributed by atoms with E-state index in [9.17, 15) is 18.0 Å². The lowest BCUT2D eigenvalue weighted by molar-refractivity contribution is -0.204. The van der Waals surface area contributed by atoms with Crippen molar-refractivity contribution in [3.05, 3.63) is 21.3 Å². The van der Waals surface area contributed by atoms with Crippen molar-refractivity contribution in [2.75, 3.05) is 0 Å². The summed E-state index contributed by atoms with van der Waals surface area (Å²) < 4.78 is 37.6. The molecular formula is C7H5ClF3NO2S. The number of rotatable bonds is 2. The van der Waals surface area contributed by atoms with Crippen LogP contribution in [-0.4, -0.2) is 17.3 Å². The summed E-state index contributed by atoms with van der Waals surface area (Å²) in [6.45, 7) is 0. The minimum Gasteiger partial charge on any atom is -0.479 e. The maximum absolute atomic E-state index is 12.5. The highest BCUT2D eigenvalue weighted by Gasteiger charge is 2.60. The van der Waals surface area contributed by atoms with E-state index in [1.165, 1.54) is 0 Å². The van der Waals surface area contributed by atoms with Crippen LogP contribution in [0.3, 0.4) is 0 Å². The molecule has 0 bridgehead atoms. The third-order valence-electron chi connectivity index (χ3n) is 1.75. The summed E-state index contributed by atoms with van der Waals surface area (Å²) in [5, 5.41) is 8.55. The molecule has 0 saturated heterocycles. The van der Waals surface area contributed by atoms with Gasteiger partial charge in [-0.15, -0.1) is 11.3 Å². The van der Waals surface area contributed by atoms with Crippen LogP contribution in [0, 0.1) is 0 Å². The van der Waals surface area contributed by atoms with Gasteiger partial charge < -0.3 is 10.8 Å². The molecule has 0 spiro atoms. The van der Waals surface area contributed by atoms with Gasteiger partial charge in [-0.2, -0.15) is 13.2 Å². The predicted octanol–water partition coefficient (Wildman–Crippen LogP) is 2.20. The van der Waals surface area contributed by atoms with E-state index in [0.29, 0.717) is 11.3 Å². The van der Waals surface area contributed by atoms with E-state index in [1.807, 2.05) is 0 Å². The molecule has 1 rings (SSSR count). The van der Waals surface area contributed by atoms with Crippen molar-refractivity contribution >= 4 is 28.9 Å².